The van der Waals surface area contributed by atoms with Crippen molar-refractivity contribution < 1.29 is 28.2 Å². The van der Waals surface area contributed by atoms with E-state index in [0.29, 0.717) is 5.56 Å². The summed E-state index contributed by atoms with van der Waals surface area (Å²) in [5.41, 5.74) is 0.462. The number of rotatable bonds is 7. The van der Waals surface area contributed by atoms with E-state index >= 15 is 0 Å². The number of carboxylic acid groups (broad SMARTS) is 2. The molecule has 1 aromatic carbocycles. The van der Waals surface area contributed by atoms with E-state index < -0.39 is 33.9 Å². The van der Waals surface area contributed by atoms with Gasteiger partial charge in [-0.2, -0.15) is 0 Å². The van der Waals surface area contributed by atoms with Gasteiger partial charge in [-0.15, -0.1) is 0 Å². The van der Waals surface area contributed by atoms with Crippen molar-refractivity contribution in [1.29, 1.82) is 0 Å². The molecule has 0 radical (unpaired) electrons. The van der Waals surface area contributed by atoms with E-state index in [9.17, 15) is 28.2 Å². The molecule has 0 fully saturated rings. The summed E-state index contributed by atoms with van der Waals surface area (Å²) in [6.45, 7) is 3.10. The molecule has 1 rings (SSSR count). The van der Waals surface area contributed by atoms with Crippen LogP contribution in [-0.4, -0.2) is 26.4 Å². The molecule has 8 heteroatoms. The normalized spacial score (nSPS) is 13.4. The number of sulfonamides is 1. The first kappa shape index (κ1) is 17.9. The van der Waals surface area contributed by atoms with Crippen LogP contribution in [0.5, 0.6) is 0 Å². The van der Waals surface area contributed by atoms with Crippen LogP contribution in [0, 0.1) is 5.92 Å². The fourth-order valence-electron chi connectivity index (χ4n) is 1.61. The Kier molecular flexibility index (Phi) is 5.84. The van der Waals surface area contributed by atoms with E-state index in [-0.39, 0.29) is 4.90 Å². The molecule has 120 valence electrons. The summed E-state index contributed by atoms with van der Waals surface area (Å²) in [7, 11) is -4.02. The summed E-state index contributed by atoms with van der Waals surface area (Å²) >= 11 is 0. The SMILES string of the molecule is CC(C)[C@H](NS(=O)(=O)c1ccc(/C=C/C(=O)[O-])cc1)C(=O)[O-]. The first-order valence-corrected chi connectivity index (χ1v) is 7.84. The highest BCUT2D eigenvalue weighted by molar-refractivity contribution is 7.89. The van der Waals surface area contributed by atoms with Crippen LogP contribution in [-0.2, 0) is 19.6 Å². The molecule has 0 bridgehead atoms. The van der Waals surface area contributed by atoms with E-state index in [1.165, 1.54) is 30.3 Å². The summed E-state index contributed by atoms with van der Waals surface area (Å²) in [4.78, 5) is 21.1. The van der Waals surface area contributed by atoms with E-state index in [0.717, 1.165) is 6.08 Å². The zero-order valence-corrected chi connectivity index (χ0v) is 12.8. The summed E-state index contributed by atoms with van der Waals surface area (Å²) in [6.07, 6.45) is 2.06. The van der Waals surface area contributed by atoms with Crippen LogP contribution < -0.4 is 14.9 Å². The number of carbonyl (C=O) groups is 2. The molecule has 0 aliphatic heterocycles. The minimum absolute atomic E-state index is 0.134. The van der Waals surface area contributed by atoms with Crippen LogP contribution in [0.4, 0.5) is 0 Å². The van der Waals surface area contributed by atoms with E-state index in [4.69, 9.17) is 0 Å². The summed E-state index contributed by atoms with van der Waals surface area (Å²) < 4.78 is 26.3. The van der Waals surface area contributed by atoms with Crippen LogP contribution in [0.2, 0.25) is 0 Å². The van der Waals surface area contributed by atoms with Crippen LogP contribution in [0.15, 0.2) is 35.2 Å². The molecule has 0 aliphatic carbocycles. The topological polar surface area (TPSA) is 126 Å². The molecule has 0 unspecified atom stereocenters. The predicted octanol–water partition coefficient (Wildman–Crippen LogP) is -1.50. The van der Waals surface area contributed by atoms with Gasteiger partial charge in [-0.25, -0.2) is 13.1 Å². The molecule has 0 aliphatic rings. The first-order chi connectivity index (χ1) is 10.1. The van der Waals surface area contributed by atoms with Gasteiger partial charge in [-0.1, -0.05) is 32.1 Å². The second-order valence-corrected chi connectivity index (χ2v) is 6.60. The lowest BCUT2D eigenvalue weighted by molar-refractivity contribution is -0.309. The Balaban J connectivity index is 2.99. The maximum atomic E-state index is 12.1. The Labute approximate surface area is 128 Å². The lowest BCUT2D eigenvalue weighted by Gasteiger charge is -2.23. The lowest BCUT2D eigenvalue weighted by Crippen LogP contribution is -2.50. The molecule has 0 amide bonds. The second-order valence-electron chi connectivity index (χ2n) is 4.88. The lowest BCUT2D eigenvalue weighted by atomic mass is 10.1. The van der Waals surface area contributed by atoms with Crippen LogP contribution in [0.1, 0.15) is 19.4 Å². The Hall–Kier alpha value is -2.19. The molecule has 1 aromatic rings. The second kappa shape index (κ2) is 7.19. The fraction of sp³-hybridized carbons (Fsp3) is 0.286. The van der Waals surface area contributed by atoms with E-state index in [1.54, 1.807) is 13.8 Å². The predicted molar refractivity (Wildman–Crippen MR) is 74.4 cm³/mol. The van der Waals surface area contributed by atoms with Gasteiger partial charge in [-0.3, -0.25) is 0 Å². The van der Waals surface area contributed by atoms with Crippen molar-refractivity contribution in [3.8, 4) is 0 Å². The van der Waals surface area contributed by atoms with Crippen molar-refractivity contribution in [3.05, 3.63) is 35.9 Å². The number of aliphatic carboxylic acids is 2. The van der Waals surface area contributed by atoms with Gasteiger partial charge in [0.25, 0.3) is 0 Å². The Morgan fingerprint density at radius 1 is 1.14 bits per heavy atom. The third-order valence-electron chi connectivity index (χ3n) is 2.80. The standard InChI is InChI=1S/C14H17NO6S/c1-9(2)13(14(18)19)15-22(20,21)11-6-3-10(4-7-11)5-8-12(16)17/h3-9,13,15H,1-2H3,(H,16,17)(H,18,19)/p-2/b8-5+/t13-/m0/s1. The highest BCUT2D eigenvalue weighted by Gasteiger charge is 2.23. The van der Waals surface area contributed by atoms with Crippen molar-refractivity contribution in [2.45, 2.75) is 24.8 Å². The summed E-state index contributed by atoms with van der Waals surface area (Å²) in [6, 6.07) is 3.91. The van der Waals surface area contributed by atoms with Gasteiger partial charge in [0, 0.05) is 0 Å². The number of hydrogen-bond acceptors (Lipinski definition) is 6. The molecule has 0 saturated carbocycles. The Morgan fingerprint density at radius 3 is 2.09 bits per heavy atom. The summed E-state index contributed by atoms with van der Waals surface area (Å²) in [5, 5.41) is 21.2. The van der Waals surface area contributed by atoms with Gasteiger partial charge >= 0.3 is 0 Å². The minimum Gasteiger partial charge on any atom is -0.548 e. The first-order valence-electron chi connectivity index (χ1n) is 6.36. The van der Waals surface area contributed by atoms with E-state index in [1.807, 2.05) is 0 Å². The molecular weight excluding hydrogens is 310 g/mol. The third-order valence-corrected chi connectivity index (χ3v) is 4.26. The Morgan fingerprint density at radius 2 is 1.68 bits per heavy atom. The molecule has 22 heavy (non-hydrogen) atoms. The van der Waals surface area contributed by atoms with Crippen LogP contribution in [0.25, 0.3) is 6.08 Å². The largest absolute Gasteiger partial charge is 0.548 e. The molecule has 0 saturated heterocycles. The number of nitrogens with one attached hydrogen (secondary N) is 1. The summed E-state index contributed by atoms with van der Waals surface area (Å²) in [5.74, 6) is -3.36. The minimum atomic E-state index is -4.02. The highest BCUT2D eigenvalue weighted by Crippen LogP contribution is 2.13. The fourth-order valence-corrected chi connectivity index (χ4v) is 2.95. The average molecular weight is 325 g/mol. The van der Waals surface area contributed by atoms with Gasteiger partial charge < -0.3 is 19.8 Å². The van der Waals surface area contributed by atoms with Gasteiger partial charge in [0.2, 0.25) is 10.0 Å². The van der Waals surface area contributed by atoms with Gasteiger partial charge in [0.05, 0.1) is 22.9 Å². The third kappa shape index (κ3) is 4.97. The monoisotopic (exact) mass is 325 g/mol. The zero-order chi connectivity index (χ0) is 16.9. The van der Waals surface area contributed by atoms with Crippen LogP contribution >= 0.6 is 0 Å². The highest BCUT2D eigenvalue weighted by atomic mass is 32.2. The number of hydrogen-bond donors (Lipinski definition) is 1. The number of carbonyl (C=O) groups excluding carboxylic acids is 2. The van der Waals surface area contributed by atoms with Gasteiger partial charge in [0.15, 0.2) is 0 Å². The van der Waals surface area contributed by atoms with Gasteiger partial charge in [0.1, 0.15) is 0 Å². The zero-order valence-electron chi connectivity index (χ0n) is 12.0. The molecule has 0 aromatic heterocycles. The van der Waals surface area contributed by atoms with Crippen molar-refractivity contribution in [2.24, 2.45) is 5.92 Å². The van der Waals surface area contributed by atoms with E-state index in [2.05, 4.69) is 4.72 Å². The number of benzene rings is 1. The van der Waals surface area contributed by atoms with Crippen molar-refractivity contribution in [2.75, 3.05) is 0 Å². The molecule has 1 atom stereocenters. The van der Waals surface area contributed by atoms with Crippen molar-refractivity contribution >= 4 is 28.0 Å². The average Bonchev–Trinajstić information content (AvgIpc) is 2.42. The molecule has 1 N–H and O–H groups in total. The molecule has 7 nitrogen and oxygen atoms in total. The molecule has 0 spiro atoms. The maximum Gasteiger partial charge on any atom is 0.241 e. The van der Waals surface area contributed by atoms with Crippen LogP contribution in [0.3, 0.4) is 0 Å². The molecule has 0 heterocycles. The smallest absolute Gasteiger partial charge is 0.241 e. The van der Waals surface area contributed by atoms with Crippen molar-refractivity contribution in [1.82, 2.24) is 4.72 Å². The van der Waals surface area contributed by atoms with Gasteiger partial charge in [-0.05, 0) is 29.7 Å². The maximum absolute atomic E-state index is 12.1. The Bertz CT molecular complexity index is 676. The quantitative estimate of drug-likeness (QED) is 0.608. The number of carboxylic acids is 2. The van der Waals surface area contributed by atoms with Crippen molar-refractivity contribution in [3.63, 3.8) is 0 Å². The molecular formula is C14H15NO6S-2.